The second kappa shape index (κ2) is 22.7. The minimum atomic E-state index is 0. The van der Waals surface area contributed by atoms with Crippen LogP contribution in [-0.2, 0) is 0 Å². The molecule has 24 heavy (non-hydrogen) atoms. The second-order valence-electron chi connectivity index (χ2n) is 7.08. The molecule has 0 aromatic heterocycles. The van der Waals surface area contributed by atoms with Gasteiger partial charge in [0.2, 0.25) is 0 Å². The van der Waals surface area contributed by atoms with Crippen LogP contribution < -0.4 is 17.3 Å². The third-order valence-electron chi connectivity index (χ3n) is 4.75. The Kier molecular flexibility index (Phi) is 24.6. The zero-order valence-electron chi connectivity index (χ0n) is 16.5. The van der Waals surface area contributed by atoms with Gasteiger partial charge in [-0.25, -0.2) is 0 Å². The van der Waals surface area contributed by atoms with Crippen LogP contribution in [0.25, 0.3) is 0 Å². The van der Waals surface area contributed by atoms with E-state index in [1.807, 2.05) is 12.2 Å². The van der Waals surface area contributed by atoms with Crippen molar-refractivity contribution in [2.45, 2.75) is 96.8 Å². The Hall–Kier alpha value is -0.270. The fourth-order valence-electron chi connectivity index (χ4n) is 3.27. The first-order valence-corrected chi connectivity index (χ1v) is 10.4. The molecule has 0 amide bonds. The Morgan fingerprint density at radius 2 is 0.917 bits per heavy atom. The normalized spacial score (nSPS) is 10.6. The van der Waals surface area contributed by atoms with Crippen LogP contribution in [0.15, 0.2) is 25.3 Å². The van der Waals surface area contributed by atoms with Crippen molar-refractivity contribution in [3.05, 3.63) is 25.3 Å². The molecule has 1 nitrogen and oxygen atoms in total. The van der Waals surface area contributed by atoms with E-state index in [1.165, 1.54) is 96.4 Å². The van der Waals surface area contributed by atoms with E-state index in [0.717, 1.165) is 13.1 Å². The van der Waals surface area contributed by atoms with Gasteiger partial charge in [-0.3, -0.25) is 0 Å². The maximum atomic E-state index is 3.85. The van der Waals surface area contributed by atoms with E-state index >= 15 is 0 Å². The van der Waals surface area contributed by atoms with Crippen molar-refractivity contribution in [3.63, 3.8) is 0 Å². The lowest BCUT2D eigenvalue weighted by Crippen LogP contribution is -3.11. The van der Waals surface area contributed by atoms with Crippen LogP contribution in [0.4, 0.5) is 0 Å². The van der Waals surface area contributed by atoms with Gasteiger partial charge in [0, 0.05) is 0 Å². The first kappa shape index (κ1) is 26.0. The van der Waals surface area contributed by atoms with Crippen molar-refractivity contribution >= 4 is 0 Å². The molecule has 0 atom stereocenters. The molecule has 0 saturated heterocycles. The van der Waals surface area contributed by atoms with Gasteiger partial charge in [0.1, 0.15) is 0 Å². The van der Waals surface area contributed by atoms with Gasteiger partial charge < -0.3 is 17.3 Å². The lowest BCUT2D eigenvalue weighted by atomic mass is 10.0. The van der Waals surface area contributed by atoms with Crippen LogP contribution in [0.5, 0.6) is 0 Å². The van der Waals surface area contributed by atoms with Crippen LogP contribution in [0.2, 0.25) is 0 Å². The molecule has 0 rings (SSSR count). The Balaban J connectivity index is 0. The molecule has 0 aliphatic heterocycles. The zero-order chi connectivity index (χ0) is 17.0. The highest BCUT2D eigenvalue weighted by molar-refractivity contribution is 4.67. The fourth-order valence-corrected chi connectivity index (χ4v) is 3.27. The summed E-state index contributed by atoms with van der Waals surface area (Å²) < 4.78 is 0. The predicted octanol–water partition coefficient (Wildman–Crippen LogP) is 2.73. The highest BCUT2D eigenvalue weighted by Crippen LogP contribution is 2.12. The summed E-state index contributed by atoms with van der Waals surface area (Å²) in [6, 6.07) is 0. The number of quaternary nitrogens is 1. The van der Waals surface area contributed by atoms with Gasteiger partial charge >= 0.3 is 0 Å². The Labute approximate surface area is 159 Å². The standard InChI is InChI=1S/C22H43N.ClH/c1-4-7-8-9-10-11-12-13-14-15-16-17-18-19-22-23(20-5-2)21-6-3;/h5-6H,2-4,7-22H2,1H3;1H. The van der Waals surface area contributed by atoms with Gasteiger partial charge in [-0.05, 0) is 25.0 Å². The van der Waals surface area contributed by atoms with Gasteiger partial charge in [0.25, 0.3) is 0 Å². The molecule has 0 aromatic carbocycles. The fraction of sp³-hybridized carbons (Fsp3) is 0.818. The number of nitrogens with one attached hydrogen (secondary N) is 1. The van der Waals surface area contributed by atoms with Crippen LogP contribution in [0.3, 0.4) is 0 Å². The van der Waals surface area contributed by atoms with Crippen molar-refractivity contribution in [1.82, 2.24) is 0 Å². The average molecular weight is 358 g/mol. The molecule has 0 fully saturated rings. The molecule has 0 spiro atoms. The molecular formula is C22H44ClN. The Bertz CT molecular complexity index is 242. The lowest BCUT2D eigenvalue weighted by Gasteiger charge is -2.15. The Morgan fingerprint density at radius 3 is 1.25 bits per heavy atom. The van der Waals surface area contributed by atoms with Gasteiger partial charge in [-0.15, -0.1) is 0 Å². The third-order valence-corrected chi connectivity index (χ3v) is 4.75. The van der Waals surface area contributed by atoms with E-state index in [4.69, 9.17) is 0 Å². The van der Waals surface area contributed by atoms with Gasteiger partial charge in [0.15, 0.2) is 0 Å². The van der Waals surface area contributed by atoms with Gasteiger partial charge in [-0.2, -0.15) is 0 Å². The third kappa shape index (κ3) is 19.8. The molecule has 0 aromatic rings. The quantitative estimate of drug-likeness (QED) is 0.268. The molecule has 0 saturated carbocycles. The summed E-state index contributed by atoms with van der Waals surface area (Å²) in [5.74, 6) is 0. The first-order valence-electron chi connectivity index (χ1n) is 10.4. The summed E-state index contributed by atoms with van der Waals surface area (Å²) >= 11 is 0. The summed E-state index contributed by atoms with van der Waals surface area (Å²) in [6.45, 7) is 13.4. The number of rotatable bonds is 19. The predicted molar refractivity (Wildman–Crippen MR) is 106 cm³/mol. The van der Waals surface area contributed by atoms with Crippen molar-refractivity contribution in [1.29, 1.82) is 0 Å². The van der Waals surface area contributed by atoms with Crippen LogP contribution in [0.1, 0.15) is 96.8 Å². The summed E-state index contributed by atoms with van der Waals surface area (Å²) in [5.41, 5.74) is 0. The molecule has 1 N–H and O–H groups in total. The summed E-state index contributed by atoms with van der Waals surface area (Å²) in [5, 5.41) is 0. The summed E-state index contributed by atoms with van der Waals surface area (Å²) in [6.07, 6.45) is 24.2. The number of hydrogen-bond donors (Lipinski definition) is 1. The lowest BCUT2D eigenvalue weighted by molar-refractivity contribution is -0.888. The smallest absolute Gasteiger partial charge is 0.0957 e. The molecule has 0 aliphatic carbocycles. The van der Waals surface area contributed by atoms with E-state index in [1.54, 1.807) is 4.90 Å². The second-order valence-corrected chi connectivity index (χ2v) is 7.08. The van der Waals surface area contributed by atoms with Crippen molar-refractivity contribution in [2.24, 2.45) is 0 Å². The highest BCUT2D eigenvalue weighted by Gasteiger charge is 2.03. The molecule has 2 heteroatoms. The van der Waals surface area contributed by atoms with E-state index in [9.17, 15) is 0 Å². The van der Waals surface area contributed by atoms with Gasteiger partial charge in [0.05, 0.1) is 19.6 Å². The maximum absolute atomic E-state index is 3.85. The average Bonchev–Trinajstić information content (AvgIpc) is 2.55. The summed E-state index contributed by atoms with van der Waals surface area (Å²) in [7, 11) is 0. The monoisotopic (exact) mass is 357 g/mol. The van der Waals surface area contributed by atoms with Gasteiger partial charge in [-0.1, -0.05) is 97.1 Å². The highest BCUT2D eigenvalue weighted by atomic mass is 35.5. The van der Waals surface area contributed by atoms with Crippen LogP contribution >= 0.6 is 0 Å². The van der Waals surface area contributed by atoms with Crippen molar-refractivity contribution in [3.8, 4) is 0 Å². The minimum absolute atomic E-state index is 0. The minimum Gasteiger partial charge on any atom is -1.00 e. The van der Waals surface area contributed by atoms with E-state index < -0.39 is 0 Å². The van der Waals surface area contributed by atoms with Crippen molar-refractivity contribution < 1.29 is 17.3 Å². The maximum Gasteiger partial charge on any atom is 0.0957 e. The number of hydrogen-bond acceptors (Lipinski definition) is 0. The van der Waals surface area contributed by atoms with E-state index in [0.29, 0.717) is 0 Å². The summed E-state index contributed by atoms with van der Waals surface area (Å²) in [4.78, 5) is 1.61. The van der Waals surface area contributed by atoms with Crippen LogP contribution in [0, 0.1) is 0 Å². The molecule has 0 radical (unpaired) electrons. The molecular weight excluding hydrogens is 314 g/mol. The Morgan fingerprint density at radius 1 is 0.583 bits per heavy atom. The SMILES string of the molecule is C=CC[NH+](CC=C)CCCCCCCCCCCCCCCC.[Cl-]. The van der Waals surface area contributed by atoms with E-state index in [2.05, 4.69) is 20.1 Å². The topological polar surface area (TPSA) is 4.44 Å². The number of halogens is 1. The zero-order valence-corrected chi connectivity index (χ0v) is 17.2. The molecule has 144 valence electrons. The number of unbranched alkanes of at least 4 members (excludes halogenated alkanes) is 13. The van der Waals surface area contributed by atoms with E-state index in [-0.39, 0.29) is 12.4 Å². The molecule has 0 heterocycles. The molecule has 0 unspecified atom stereocenters. The van der Waals surface area contributed by atoms with Crippen molar-refractivity contribution in [2.75, 3.05) is 19.6 Å². The molecule has 0 aliphatic rings. The first-order chi connectivity index (χ1) is 11.3. The molecule has 0 bridgehead atoms. The largest absolute Gasteiger partial charge is 1.00 e. The van der Waals surface area contributed by atoms with Crippen LogP contribution in [-0.4, -0.2) is 19.6 Å².